The molecule has 0 saturated carbocycles. The van der Waals surface area contributed by atoms with Crippen LogP contribution in [-0.2, 0) is 0 Å². The van der Waals surface area contributed by atoms with Crippen LogP contribution in [0.1, 0.15) is 51.9 Å². The molecule has 0 aromatic rings. The topological polar surface area (TPSA) is 20.2 Å². The molecule has 0 radical (unpaired) electrons. The summed E-state index contributed by atoms with van der Waals surface area (Å²) in [5.41, 5.74) is 0. The van der Waals surface area contributed by atoms with Gasteiger partial charge in [-0.2, -0.15) is 0 Å². The lowest BCUT2D eigenvalue weighted by atomic mass is 10.1. The van der Waals surface area contributed by atoms with Crippen LogP contribution in [0.15, 0.2) is 24.8 Å². The standard InChI is InChI=1S/C17H24O/c1-3-5-6-7-8-9-10-11-12-13-14-15-16-17(18)4-2/h3,10-11,17-18H,1,4-9,12H2,2H3/b11-10-/t17-/m0/s1. The third-order valence-corrected chi connectivity index (χ3v) is 2.44. The minimum absolute atomic E-state index is 0.537. The van der Waals surface area contributed by atoms with Crippen molar-refractivity contribution in [2.75, 3.05) is 0 Å². The van der Waals surface area contributed by atoms with Gasteiger partial charge in [0.25, 0.3) is 0 Å². The molecule has 1 atom stereocenters. The minimum Gasteiger partial charge on any atom is -0.380 e. The van der Waals surface area contributed by atoms with E-state index in [-0.39, 0.29) is 0 Å². The smallest absolute Gasteiger partial charge is 0.115 e. The molecule has 98 valence electrons. The number of allylic oxidation sites excluding steroid dienone is 3. The van der Waals surface area contributed by atoms with Crippen LogP contribution < -0.4 is 0 Å². The molecule has 0 rings (SSSR count). The normalized spacial score (nSPS) is 11.2. The molecular formula is C17H24O. The Balaban J connectivity index is 3.50. The van der Waals surface area contributed by atoms with E-state index in [0.29, 0.717) is 6.42 Å². The summed E-state index contributed by atoms with van der Waals surface area (Å²) < 4.78 is 0. The van der Waals surface area contributed by atoms with Crippen molar-refractivity contribution in [2.24, 2.45) is 0 Å². The van der Waals surface area contributed by atoms with Crippen molar-refractivity contribution in [3.8, 4) is 23.7 Å². The van der Waals surface area contributed by atoms with Crippen molar-refractivity contribution in [1.82, 2.24) is 0 Å². The van der Waals surface area contributed by atoms with E-state index in [9.17, 15) is 0 Å². The van der Waals surface area contributed by atoms with Gasteiger partial charge in [0, 0.05) is 6.42 Å². The molecule has 0 aliphatic heterocycles. The van der Waals surface area contributed by atoms with E-state index >= 15 is 0 Å². The summed E-state index contributed by atoms with van der Waals surface area (Å²) in [5.74, 6) is 11.0. The summed E-state index contributed by atoms with van der Waals surface area (Å²) in [6.07, 6.45) is 13.1. The number of rotatable bonds is 8. The van der Waals surface area contributed by atoms with Gasteiger partial charge in [-0.3, -0.25) is 0 Å². The maximum absolute atomic E-state index is 9.16. The zero-order chi connectivity index (χ0) is 13.5. The van der Waals surface area contributed by atoms with Crippen LogP contribution in [-0.4, -0.2) is 11.2 Å². The summed E-state index contributed by atoms with van der Waals surface area (Å²) in [6, 6.07) is 0. The number of unbranched alkanes of at least 4 members (excludes halogenated alkanes) is 4. The molecule has 1 heteroatoms. The predicted octanol–water partition coefficient (Wildman–Crippen LogP) is 3.85. The van der Waals surface area contributed by atoms with Crippen LogP contribution in [0.5, 0.6) is 0 Å². The van der Waals surface area contributed by atoms with Gasteiger partial charge >= 0.3 is 0 Å². The monoisotopic (exact) mass is 244 g/mol. The average Bonchev–Trinajstić information content (AvgIpc) is 2.39. The van der Waals surface area contributed by atoms with Crippen LogP contribution in [0.25, 0.3) is 0 Å². The van der Waals surface area contributed by atoms with Crippen LogP contribution in [0.3, 0.4) is 0 Å². The number of hydrogen-bond acceptors (Lipinski definition) is 1. The quantitative estimate of drug-likeness (QED) is 0.391. The summed E-state index contributed by atoms with van der Waals surface area (Å²) in [4.78, 5) is 0. The maximum atomic E-state index is 9.16. The van der Waals surface area contributed by atoms with Gasteiger partial charge < -0.3 is 5.11 Å². The molecule has 0 bridgehead atoms. The lowest BCUT2D eigenvalue weighted by molar-refractivity contribution is 0.228. The number of aliphatic hydroxyl groups is 1. The van der Waals surface area contributed by atoms with Crippen molar-refractivity contribution in [1.29, 1.82) is 0 Å². The highest BCUT2D eigenvalue weighted by atomic mass is 16.3. The highest BCUT2D eigenvalue weighted by Crippen LogP contribution is 2.03. The molecule has 0 aromatic carbocycles. The maximum Gasteiger partial charge on any atom is 0.115 e. The molecule has 0 aromatic heterocycles. The van der Waals surface area contributed by atoms with E-state index in [4.69, 9.17) is 5.11 Å². The third kappa shape index (κ3) is 12.6. The van der Waals surface area contributed by atoms with Gasteiger partial charge in [0.05, 0.1) is 0 Å². The summed E-state index contributed by atoms with van der Waals surface area (Å²) in [6.45, 7) is 5.60. The van der Waals surface area contributed by atoms with Gasteiger partial charge in [-0.1, -0.05) is 43.4 Å². The van der Waals surface area contributed by atoms with Crippen molar-refractivity contribution in [2.45, 2.75) is 58.0 Å². The Bertz CT molecular complexity index is 343. The molecule has 1 nitrogen and oxygen atoms in total. The summed E-state index contributed by atoms with van der Waals surface area (Å²) >= 11 is 0. The first-order valence-corrected chi connectivity index (χ1v) is 6.73. The van der Waals surface area contributed by atoms with E-state index < -0.39 is 6.10 Å². The van der Waals surface area contributed by atoms with Gasteiger partial charge in [0.15, 0.2) is 0 Å². The highest BCUT2D eigenvalue weighted by Gasteiger charge is 1.88. The first-order valence-electron chi connectivity index (χ1n) is 6.73. The molecular weight excluding hydrogens is 220 g/mol. The fourth-order valence-corrected chi connectivity index (χ4v) is 1.30. The molecule has 0 spiro atoms. The second kappa shape index (κ2) is 13.6. The Hall–Kier alpha value is -1.44. The molecule has 0 heterocycles. The van der Waals surface area contributed by atoms with Crippen molar-refractivity contribution < 1.29 is 5.11 Å². The van der Waals surface area contributed by atoms with Crippen molar-refractivity contribution in [3.63, 3.8) is 0 Å². The lowest BCUT2D eigenvalue weighted by Gasteiger charge is -1.93. The molecule has 0 aliphatic rings. The SMILES string of the molecule is C=CCCCCC/C=C\CC#CC#C[C@@H](O)CC. The molecule has 0 fully saturated rings. The van der Waals surface area contributed by atoms with Gasteiger partial charge in [-0.05, 0) is 43.9 Å². The fourth-order valence-electron chi connectivity index (χ4n) is 1.30. The van der Waals surface area contributed by atoms with Crippen LogP contribution in [0.2, 0.25) is 0 Å². The highest BCUT2D eigenvalue weighted by molar-refractivity contribution is 5.27. The van der Waals surface area contributed by atoms with Gasteiger partial charge in [0.2, 0.25) is 0 Å². The lowest BCUT2D eigenvalue weighted by Crippen LogP contribution is -1.98. The molecule has 0 unspecified atom stereocenters. The van der Waals surface area contributed by atoms with Crippen molar-refractivity contribution >= 4 is 0 Å². The second-order valence-corrected chi connectivity index (χ2v) is 4.10. The fraction of sp³-hybridized carbons (Fsp3) is 0.529. The van der Waals surface area contributed by atoms with Crippen LogP contribution in [0, 0.1) is 23.7 Å². The number of hydrogen-bond donors (Lipinski definition) is 1. The van der Waals surface area contributed by atoms with E-state index in [1.807, 2.05) is 13.0 Å². The minimum atomic E-state index is -0.537. The molecule has 18 heavy (non-hydrogen) atoms. The van der Waals surface area contributed by atoms with Gasteiger partial charge in [-0.15, -0.1) is 6.58 Å². The van der Waals surface area contributed by atoms with E-state index in [0.717, 1.165) is 19.3 Å². The summed E-state index contributed by atoms with van der Waals surface area (Å²) in [5, 5.41) is 9.16. The molecule has 0 saturated heterocycles. The van der Waals surface area contributed by atoms with E-state index in [1.54, 1.807) is 0 Å². The second-order valence-electron chi connectivity index (χ2n) is 4.10. The molecule has 1 N–H and O–H groups in total. The van der Waals surface area contributed by atoms with Gasteiger partial charge in [0.1, 0.15) is 6.10 Å². The van der Waals surface area contributed by atoms with Crippen LogP contribution in [0.4, 0.5) is 0 Å². The van der Waals surface area contributed by atoms with Gasteiger partial charge in [-0.25, -0.2) is 0 Å². The van der Waals surface area contributed by atoms with E-state index in [1.165, 1.54) is 19.3 Å². The number of aliphatic hydroxyl groups excluding tert-OH is 1. The average molecular weight is 244 g/mol. The molecule has 0 aliphatic carbocycles. The predicted molar refractivity (Wildman–Crippen MR) is 78.9 cm³/mol. The van der Waals surface area contributed by atoms with E-state index in [2.05, 4.69) is 42.4 Å². The Morgan fingerprint density at radius 2 is 1.89 bits per heavy atom. The van der Waals surface area contributed by atoms with Crippen molar-refractivity contribution in [3.05, 3.63) is 24.8 Å². The Morgan fingerprint density at radius 3 is 2.61 bits per heavy atom. The third-order valence-electron chi connectivity index (χ3n) is 2.44. The molecule has 0 amide bonds. The van der Waals surface area contributed by atoms with Crippen LogP contribution >= 0.6 is 0 Å². The Labute approximate surface area is 112 Å². The zero-order valence-electron chi connectivity index (χ0n) is 11.4. The Kier molecular flexibility index (Phi) is 12.5. The largest absolute Gasteiger partial charge is 0.380 e. The summed E-state index contributed by atoms with van der Waals surface area (Å²) in [7, 11) is 0. The Morgan fingerprint density at radius 1 is 1.11 bits per heavy atom. The zero-order valence-corrected chi connectivity index (χ0v) is 11.4. The first kappa shape index (κ1) is 16.6. The first-order chi connectivity index (χ1) is 8.81.